The average Bonchev–Trinajstić information content (AvgIpc) is 2.86. The van der Waals surface area contributed by atoms with E-state index < -0.39 is 19.7 Å². The molecule has 0 aliphatic carbocycles. The predicted molar refractivity (Wildman–Crippen MR) is 141 cm³/mol. The first-order chi connectivity index (χ1) is 17.7. The molecule has 2 rings (SSSR count). The molecule has 0 N–H and O–H groups in total. The maximum atomic E-state index is 12.2. The molecule has 11 heteroatoms. The van der Waals surface area contributed by atoms with Crippen molar-refractivity contribution in [2.45, 2.75) is 23.6 Å². The third-order valence-electron chi connectivity index (χ3n) is 5.24. The molecule has 0 aliphatic rings. The molecule has 0 saturated carbocycles. The van der Waals surface area contributed by atoms with E-state index in [1.807, 2.05) is 13.8 Å². The van der Waals surface area contributed by atoms with Crippen LogP contribution in [-0.4, -0.2) is 94.4 Å². The Kier molecular flexibility index (Phi) is 14.3. The minimum absolute atomic E-state index is 0.0727. The lowest BCUT2D eigenvalue weighted by atomic mass is 10.2. The van der Waals surface area contributed by atoms with Crippen LogP contribution in [0.2, 0.25) is 0 Å². The molecule has 2 aromatic rings. The molecule has 0 unspecified atom stereocenters. The van der Waals surface area contributed by atoms with Crippen molar-refractivity contribution in [3.05, 3.63) is 59.7 Å². The molecule has 0 radical (unpaired) electrons. The molecular weight excluding hydrogens is 520 g/mol. The molecular formula is C26H38O9S2. The highest BCUT2D eigenvalue weighted by atomic mass is 32.2. The summed E-state index contributed by atoms with van der Waals surface area (Å²) in [5.74, 6) is -0.145. The van der Waals surface area contributed by atoms with E-state index in [-0.39, 0.29) is 24.7 Å². The van der Waals surface area contributed by atoms with Crippen LogP contribution in [0.5, 0.6) is 0 Å². The van der Waals surface area contributed by atoms with Crippen molar-refractivity contribution < 1.29 is 40.5 Å². The Morgan fingerprint density at radius 3 is 0.946 bits per heavy atom. The minimum Gasteiger partial charge on any atom is -0.378 e. The van der Waals surface area contributed by atoms with E-state index in [4.69, 9.17) is 23.7 Å². The van der Waals surface area contributed by atoms with Gasteiger partial charge in [-0.1, -0.05) is 35.4 Å². The van der Waals surface area contributed by atoms with Crippen molar-refractivity contribution >= 4 is 19.7 Å². The summed E-state index contributed by atoms with van der Waals surface area (Å²) in [5.41, 5.74) is 2.02. The van der Waals surface area contributed by atoms with Crippen LogP contribution in [0.15, 0.2) is 58.3 Å². The normalized spacial score (nSPS) is 12.2. The van der Waals surface area contributed by atoms with Gasteiger partial charge in [-0.2, -0.15) is 0 Å². The van der Waals surface area contributed by atoms with Crippen molar-refractivity contribution in [2.24, 2.45) is 0 Å². The SMILES string of the molecule is Cc1ccc(S(=O)(=O)CCOCCOCCOCCOCCOCCS(=O)(=O)c2ccc(C)cc2)cc1. The summed E-state index contributed by atoms with van der Waals surface area (Å²) >= 11 is 0. The second kappa shape index (κ2) is 16.9. The third kappa shape index (κ3) is 13.0. The quantitative estimate of drug-likeness (QED) is 0.226. The van der Waals surface area contributed by atoms with Crippen LogP contribution < -0.4 is 0 Å². The van der Waals surface area contributed by atoms with E-state index in [0.29, 0.717) is 62.6 Å². The monoisotopic (exact) mass is 558 g/mol. The van der Waals surface area contributed by atoms with Gasteiger partial charge in [0, 0.05) is 0 Å². The van der Waals surface area contributed by atoms with Crippen LogP contribution in [0.1, 0.15) is 11.1 Å². The number of aryl methyl sites for hydroxylation is 2. The molecule has 0 amide bonds. The second-order valence-electron chi connectivity index (χ2n) is 8.33. The average molecular weight is 559 g/mol. The lowest BCUT2D eigenvalue weighted by molar-refractivity contribution is -0.00912. The molecule has 0 atom stereocenters. The van der Waals surface area contributed by atoms with Crippen LogP contribution in [0.3, 0.4) is 0 Å². The van der Waals surface area contributed by atoms with Gasteiger partial charge in [0.15, 0.2) is 19.7 Å². The zero-order valence-electron chi connectivity index (χ0n) is 21.6. The van der Waals surface area contributed by atoms with E-state index in [9.17, 15) is 16.8 Å². The summed E-state index contributed by atoms with van der Waals surface area (Å²) in [7, 11) is -6.69. The molecule has 0 aliphatic heterocycles. The number of hydrogen-bond acceptors (Lipinski definition) is 9. The third-order valence-corrected chi connectivity index (χ3v) is 8.63. The summed E-state index contributed by atoms with van der Waals surface area (Å²) < 4.78 is 75.8. The molecule has 0 saturated heterocycles. The fourth-order valence-electron chi connectivity index (χ4n) is 3.05. The van der Waals surface area contributed by atoms with E-state index in [0.717, 1.165) is 11.1 Å². The van der Waals surface area contributed by atoms with Crippen molar-refractivity contribution in [1.82, 2.24) is 0 Å². The maximum Gasteiger partial charge on any atom is 0.180 e. The maximum absolute atomic E-state index is 12.2. The fourth-order valence-corrected chi connectivity index (χ4v) is 5.29. The Hall–Kier alpha value is -1.86. The zero-order chi connectivity index (χ0) is 27.0. The van der Waals surface area contributed by atoms with Crippen molar-refractivity contribution in [2.75, 3.05) is 77.6 Å². The predicted octanol–water partition coefficient (Wildman–Crippen LogP) is 2.63. The summed E-state index contributed by atoms with van der Waals surface area (Å²) in [4.78, 5) is 0.604. The van der Waals surface area contributed by atoms with Gasteiger partial charge in [0.05, 0.1) is 87.4 Å². The first kappa shape index (κ1) is 31.4. The smallest absolute Gasteiger partial charge is 0.180 e. The van der Waals surface area contributed by atoms with Gasteiger partial charge in [-0.15, -0.1) is 0 Å². The van der Waals surface area contributed by atoms with Crippen LogP contribution in [-0.2, 0) is 43.4 Å². The summed E-state index contributed by atoms with van der Waals surface area (Å²) in [6, 6.07) is 13.5. The summed E-state index contributed by atoms with van der Waals surface area (Å²) in [5, 5.41) is 0. The highest BCUT2D eigenvalue weighted by molar-refractivity contribution is 7.91. The Morgan fingerprint density at radius 1 is 0.432 bits per heavy atom. The zero-order valence-corrected chi connectivity index (χ0v) is 23.2. The van der Waals surface area contributed by atoms with Crippen molar-refractivity contribution in [3.63, 3.8) is 0 Å². The number of benzene rings is 2. The van der Waals surface area contributed by atoms with Crippen molar-refractivity contribution in [3.8, 4) is 0 Å². The van der Waals surface area contributed by atoms with Crippen LogP contribution in [0.4, 0.5) is 0 Å². The van der Waals surface area contributed by atoms with E-state index in [1.165, 1.54) is 0 Å². The van der Waals surface area contributed by atoms with Gasteiger partial charge >= 0.3 is 0 Å². The molecule has 0 aromatic heterocycles. The number of rotatable bonds is 20. The van der Waals surface area contributed by atoms with Gasteiger partial charge in [0.1, 0.15) is 0 Å². The van der Waals surface area contributed by atoms with Crippen LogP contribution in [0.25, 0.3) is 0 Å². The molecule has 0 heterocycles. The number of sulfone groups is 2. The lowest BCUT2D eigenvalue weighted by Crippen LogP contribution is -2.16. The van der Waals surface area contributed by atoms with Crippen LogP contribution >= 0.6 is 0 Å². The minimum atomic E-state index is -3.34. The first-order valence-electron chi connectivity index (χ1n) is 12.2. The summed E-state index contributed by atoms with van der Waals surface area (Å²) in [6.45, 7) is 6.93. The lowest BCUT2D eigenvalue weighted by Gasteiger charge is -2.09. The van der Waals surface area contributed by atoms with Gasteiger partial charge in [-0.3, -0.25) is 0 Å². The van der Waals surface area contributed by atoms with Crippen molar-refractivity contribution in [1.29, 1.82) is 0 Å². The molecule has 2 aromatic carbocycles. The Bertz CT molecular complexity index is 1010. The molecule has 208 valence electrons. The van der Waals surface area contributed by atoms with Gasteiger partial charge in [0.25, 0.3) is 0 Å². The Balaban J connectivity index is 1.35. The number of ether oxygens (including phenoxy) is 5. The van der Waals surface area contributed by atoms with Gasteiger partial charge in [-0.05, 0) is 38.1 Å². The molecule has 9 nitrogen and oxygen atoms in total. The van der Waals surface area contributed by atoms with Gasteiger partial charge in [0.2, 0.25) is 0 Å². The largest absolute Gasteiger partial charge is 0.378 e. The molecule has 0 bridgehead atoms. The fraction of sp³-hybridized carbons (Fsp3) is 0.538. The second-order valence-corrected chi connectivity index (χ2v) is 12.5. The highest BCUT2D eigenvalue weighted by Gasteiger charge is 2.14. The highest BCUT2D eigenvalue weighted by Crippen LogP contribution is 2.13. The van der Waals surface area contributed by atoms with Gasteiger partial charge < -0.3 is 23.7 Å². The Labute approximate surface area is 220 Å². The van der Waals surface area contributed by atoms with E-state index in [2.05, 4.69) is 0 Å². The molecule has 0 spiro atoms. The van der Waals surface area contributed by atoms with E-state index >= 15 is 0 Å². The summed E-state index contributed by atoms with van der Waals surface area (Å²) in [6.07, 6.45) is 0. The topological polar surface area (TPSA) is 114 Å². The standard InChI is InChI=1S/C26H38O9S2/c1-23-3-7-25(8-4-23)36(27,28)21-19-34-17-15-32-13-11-31-12-14-33-16-18-35-20-22-37(29,30)26-9-5-24(2)6-10-26/h3-10H,11-22H2,1-2H3. The Morgan fingerprint density at radius 2 is 0.676 bits per heavy atom. The van der Waals surface area contributed by atoms with E-state index in [1.54, 1.807) is 48.5 Å². The molecule has 37 heavy (non-hydrogen) atoms. The molecule has 0 fully saturated rings. The number of hydrogen-bond donors (Lipinski definition) is 0. The van der Waals surface area contributed by atoms with Crippen LogP contribution in [0, 0.1) is 13.8 Å². The first-order valence-corrected chi connectivity index (χ1v) is 15.5. The van der Waals surface area contributed by atoms with Gasteiger partial charge in [-0.25, -0.2) is 16.8 Å².